The molecule has 8 nitrogen and oxygen atoms in total. The number of nitrogens with two attached hydrogens (primary N) is 1. The van der Waals surface area contributed by atoms with E-state index in [1.165, 1.54) is 5.56 Å². The van der Waals surface area contributed by atoms with Crippen molar-refractivity contribution in [2.24, 2.45) is 0 Å². The van der Waals surface area contributed by atoms with E-state index in [0.29, 0.717) is 13.1 Å². The average molecular weight is 317 g/mol. The molecule has 2 heterocycles. The molecule has 0 unspecified atom stereocenters. The van der Waals surface area contributed by atoms with E-state index >= 15 is 0 Å². The standard InChI is InChI=1S/C15H19N5O3/c1-22-12-4-2-3-11(9-12)10-19-5-7-20(8-6-19)15(21)13-14(16)18-23-17-13/h2-4,9H,5-8,10H2,1H3,(H2,16,18). The molecule has 1 amide bonds. The Kier molecular flexibility index (Phi) is 4.42. The third kappa shape index (κ3) is 3.42. The lowest BCUT2D eigenvalue weighted by Gasteiger charge is -2.34. The van der Waals surface area contributed by atoms with Crippen molar-refractivity contribution in [3.05, 3.63) is 35.5 Å². The van der Waals surface area contributed by atoms with E-state index in [0.717, 1.165) is 25.4 Å². The van der Waals surface area contributed by atoms with Crippen molar-refractivity contribution in [3.8, 4) is 5.75 Å². The van der Waals surface area contributed by atoms with Gasteiger partial charge in [0, 0.05) is 32.7 Å². The number of benzene rings is 1. The molecule has 0 spiro atoms. The Hall–Kier alpha value is -2.61. The fourth-order valence-electron chi connectivity index (χ4n) is 2.63. The van der Waals surface area contributed by atoms with Crippen molar-refractivity contribution in [2.75, 3.05) is 39.0 Å². The Morgan fingerprint density at radius 1 is 1.30 bits per heavy atom. The first-order valence-electron chi connectivity index (χ1n) is 7.40. The summed E-state index contributed by atoms with van der Waals surface area (Å²) in [7, 11) is 1.66. The molecular weight excluding hydrogens is 298 g/mol. The van der Waals surface area contributed by atoms with Gasteiger partial charge in [-0.1, -0.05) is 12.1 Å². The van der Waals surface area contributed by atoms with Gasteiger partial charge in [-0.15, -0.1) is 0 Å². The summed E-state index contributed by atoms with van der Waals surface area (Å²) < 4.78 is 9.72. The van der Waals surface area contributed by atoms with E-state index in [1.807, 2.05) is 18.2 Å². The lowest BCUT2D eigenvalue weighted by molar-refractivity contribution is 0.0618. The van der Waals surface area contributed by atoms with Crippen LogP contribution in [0.1, 0.15) is 16.1 Å². The Morgan fingerprint density at radius 2 is 2.09 bits per heavy atom. The van der Waals surface area contributed by atoms with Crippen molar-refractivity contribution in [3.63, 3.8) is 0 Å². The quantitative estimate of drug-likeness (QED) is 0.882. The topological polar surface area (TPSA) is 97.7 Å². The average Bonchev–Trinajstić information content (AvgIpc) is 3.01. The maximum Gasteiger partial charge on any atom is 0.280 e. The van der Waals surface area contributed by atoms with E-state index in [9.17, 15) is 4.79 Å². The molecule has 8 heteroatoms. The second kappa shape index (κ2) is 6.66. The smallest absolute Gasteiger partial charge is 0.280 e. The van der Waals surface area contributed by atoms with Gasteiger partial charge in [0.2, 0.25) is 11.5 Å². The molecule has 0 bridgehead atoms. The first kappa shape index (κ1) is 15.3. The van der Waals surface area contributed by atoms with Gasteiger partial charge in [-0.3, -0.25) is 9.69 Å². The molecule has 1 aromatic carbocycles. The fourth-order valence-corrected chi connectivity index (χ4v) is 2.63. The van der Waals surface area contributed by atoms with Crippen LogP contribution < -0.4 is 10.5 Å². The highest BCUT2D eigenvalue weighted by molar-refractivity contribution is 5.96. The van der Waals surface area contributed by atoms with Crippen LogP contribution in [0.2, 0.25) is 0 Å². The summed E-state index contributed by atoms with van der Waals surface area (Å²) >= 11 is 0. The summed E-state index contributed by atoms with van der Waals surface area (Å²) in [6, 6.07) is 8.01. The van der Waals surface area contributed by atoms with Gasteiger partial charge in [0.05, 0.1) is 7.11 Å². The number of amides is 1. The Bertz CT molecular complexity index is 679. The van der Waals surface area contributed by atoms with Gasteiger partial charge in [-0.2, -0.15) is 0 Å². The lowest BCUT2D eigenvalue weighted by Crippen LogP contribution is -2.48. The van der Waals surface area contributed by atoms with Crippen LogP contribution in [0.25, 0.3) is 0 Å². The van der Waals surface area contributed by atoms with Gasteiger partial charge in [0.25, 0.3) is 5.91 Å². The normalized spacial score (nSPS) is 15.6. The molecule has 0 saturated carbocycles. The van der Waals surface area contributed by atoms with Gasteiger partial charge in [0.15, 0.2) is 0 Å². The number of hydrogen-bond donors (Lipinski definition) is 1. The SMILES string of the molecule is COc1cccc(CN2CCN(C(=O)c3nonc3N)CC2)c1. The molecule has 1 aromatic heterocycles. The maximum absolute atomic E-state index is 12.3. The zero-order valence-corrected chi connectivity index (χ0v) is 12.9. The Balaban J connectivity index is 1.56. The van der Waals surface area contributed by atoms with E-state index < -0.39 is 0 Å². The van der Waals surface area contributed by atoms with Crippen LogP contribution in [0.15, 0.2) is 28.9 Å². The molecule has 0 aliphatic carbocycles. The number of anilines is 1. The zero-order chi connectivity index (χ0) is 16.2. The summed E-state index contributed by atoms with van der Waals surface area (Å²) in [6.07, 6.45) is 0. The van der Waals surface area contributed by atoms with Crippen LogP contribution >= 0.6 is 0 Å². The fraction of sp³-hybridized carbons (Fsp3) is 0.400. The monoisotopic (exact) mass is 317 g/mol. The summed E-state index contributed by atoms with van der Waals surface area (Å²) in [4.78, 5) is 16.3. The van der Waals surface area contributed by atoms with Crippen LogP contribution in [0.3, 0.4) is 0 Å². The number of hydrogen-bond acceptors (Lipinski definition) is 7. The third-order valence-electron chi connectivity index (χ3n) is 3.92. The third-order valence-corrected chi connectivity index (χ3v) is 3.92. The van der Waals surface area contributed by atoms with Crippen LogP contribution in [-0.2, 0) is 6.54 Å². The molecule has 1 aliphatic heterocycles. The Morgan fingerprint density at radius 3 is 2.74 bits per heavy atom. The molecule has 0 atom stereocenters. The molecule has 23 heavy (non-hydrogen) atoms. The van der Waals surface area contributed by atoms with Crippen LogP contribution in [0.5, 0.6) is 5.75 Å². The summed E-state index contributed by atoms with van der Waals surface area (Å²) in [5.41, 5.74) is 6.85. The number of rotatable bonds is 4. The van der Waals surface area contributed by atoms with Crippen molar-refractivity contribution in [1.82, 2.24) is 20.1 Å². The number of carbonyl (C=O) groups is 1. The zero-order valence-electron chi connectivity index (χ0n) is 12.9. The van der Waals surface area contributed by atoms with E-state index in [4.69, 9.17) is 10.5 Å². The molecule has 2 aromatic rings. The number of methoxy groups -OCH3 is 1. The number of nitrogens with zero attached hydrogens (tertiary/aromatic N) is 4. The molecule has 3 rings (SSSR count). The highest BCUT2D eigenvalue weighted by Gasteiger charge is 2.26. The second-order valence-electron chi connectivity index (χ2n) is 5.42. The molecule has 1 aliphatic rings. The van der Waals surface area contributed by atoms with Crippen molar-refractivity contribution < 1.29 is 14.2 Å². The lowest BCUT2D eigenvalue weighted by atomic mass is 10.2. The molecule has 0 radical (unpaired) electrons. The van der Waals surface area contributed by atoms with Gasteiger partial charge >= 0.3 is 0 Å². The number of piperazine rings is 1. The first-order valence-corrected chi connectivity index (χ1v) is 7.40. The highest BCUT2D eigenvalue weighted by atomic mass is 16.6. The molecular formula is C15H19N5O3. The van der Waals surface area contributed by atoms with Gasteiger partial charge in [-0.05, 0) is 28.0 Å². The van der Waals surface area contributed by atoms with Gasteiger partial charge in [-0.25, -0.2) is 4.63 Å². The number of nitrogen functional groups attached to an aromatic ring is 1. The summed E-state index contributed by atoms with van der Waals surface area (Å²) in [6.45, 7) is 3.64. The minimum atomic E-state index is -0.232. The summed E-state index contributed by atoms with van der Waals surface area (Å²) in [5, 5.41) is 7.01. The highest BCUT2D eigenvalue weighted by Crippen LogP contribution is 2.16. The molecule has 1 fully saturated rings. The van der Waals surface area contributed by atoms with Gasteiger partial charge in [0.1, 0.15) is 5.75 Å². The van der Waals surface area contributed by atoms with Crippen molar-refractivity contribution in [2.45, 2.75) is 6.54 Å². The van der Waals surface area contributed by atoms with Crippen molar-refractivity contribution in [1.29, 1.82) is 0 Å². The number of ether oxygens (including phenoxy) is 1. The number of aromatic nitrogens is 2. The minimum absolute atomic E-state index is 0.0359. The van der Waals surface area contributed by atoms with E-state index in [-0.39, 0.29) is 17.4 Å². The molecule has 2 N–H and O–H groups in total. The van der Waals surface area contributed by atoms with E-state index in [2.05, 4.69) is 25.9 Å². The number of carbonyl (C=O) groups excluding carboxylic acids is 1. The van der Waals surface area contributed by atoms with Crippen LogP contribution in [0, 0.1) is 0 Å². The van der Waals surface area contributed by atoms with Crippen LogP contribution in [0.4, 0.5) is 5.82 Å². The first-order chi connectivity index (χ1) is 11.2. The maximum atomic E-state index is 12.3. The predicted octanol–water partition coefficient (Wildman–Crippen LogP) is 0.618. The molecule has 122 valence electrons. The van der Waals surface area contributed by atoms with Crippen molar-refractivity contribution >= 4 is 11.7 Å². The van der Waals surface area contributed by atoms with Crippen LogP contribution in [-0.4, -0.2) is 59.3 Å². The largest absolute Gasteiger partial charge is 0.497 e. The molecule has 1 saturated heterocycles. The minimum Gasteiger partial charge on any atom is -0.497 e. The van der Waals surface area contributed by atoms with Gasteiger partial charge < -0.3 is 15.4 Å². The Labute approximate surface area is 133 Å². The second-order valence-corrected chi connectivity index (χ2v) is 5.42. The summed E-state index contributed by atoms with van der Waals surface area (Å²) in [5.74, 6) is 0.656. The van der Waals surface area contributed by atoms with E-state index in [1.54, 1.807) is 12.0 Å². The predicted molar refractivity (Wildman–Crippen MR) is 82.9 cm³/mol.